The van der Waals surface area contributed by atoms with Crippen molar-refractivity contribution in [3.05, 3.63) is 72.7 Å². The predicted octanol–water partition coefficient (Wildman–Crippen LogP) is 5.55. The van der Waals surface area contributed by atoms with Crippen LogP contribution in [0.4, 0.5) is 4.79 Å². The summed E-state index contributed by atoms with van der Waals surface area (Å²) in [6.45, 7) is 5.45. The van der Waals surface area contributed by atoms with Crippen LogP contribution in [0.2, 0.25) is 0 Å². The minimum absolute atomic E-state index is 0.0901. The number of alkyl carbamates (subject to hydrolysis) is 1. The summed E-state index contributed by atoms with van der Waals surface area (Å²) in [5.41, 5.74) is 7.23. The molecule has 0 aliphatic carbocycles. The molecule has 2 aliphatic heterocycles. The van der Waals surface area contributed by atoms with Gasteiger partial charge in [0.1, 0.15) is 17.7 Å². The number of imidazole rings is 2. The molecule has 0 bridgehead atoms. The number of aromatic amines is 2. The highest BCUT2D eigenvalue weighted by Gasteiger charge is 2.37. The van der Waals surface area contributed by atoms with Crippen LogP contribution in [0.3, 0.4) is 0 Å². The number of carbonyl (C=O) groups excluding carboxylic acids is 2. The zero-order valence-electron chi connectivity index (χ0n) is 26.8. The smallest absolute Gasteiger partial charge is 0.407 e. The summed E-state index contributed by atoms with van der Waals surface area (Å²) in [4.78, 5) is 53.0. The first kappa shape index (κ1) is 30.5. The molecule has 5 aromatic rings. The lowest BCUT2D eigenvalue weighted by Crippen LogP contribution is -2.51. The van der Waals surface area contributed by atoms with E-state index in [0.717, 1.165) is 82.3 Å². The van der Waals surface area contributed by atoms with Crippen molar-refractivity contribution in [2.24, 2.45) is 5.92 Å². The molecule has 2 aliphatic rings. The average Bonchev–Trinajstić information content (AvgIpc) is 3.93. The normalized spacial score (nSPS) is 18.6. The van der Waals surface area contributed by atoms with Crippen LogP contribution in [0.1, 0.15) is 63.3 Å². The molecule has 3 atom stereocenters. The fraction of sp³-hybridized carbons (Fsp3) is 0.371. The molecule has 0 saturated carbocycles. The van der Waals surface area contributed by atoms with Gasteiger partial charge in [-0.05, 0) is 55.8 Å². The van der Waals surface area contributed by atoms with Crippen molar-refractivity contribution in [2.45, 2.75) is 57.7 Å². The van der Waals surface area contributed by atoms with Gasteiger partial charge in [-0.15, -0.1) is 0 Å². The molecule has 12 heteroatoms. The molecule has 0 spiro atoms. The quantitative estimate of drug-likeness (QED) is 0.174. The van der Waals surface area contributed by atoms with Gasteiger partial charge < -0.3 is 30.2 Å². The highest BCUT2D eigenvalue weighted by atomic mass is 16.5. The Morgan fingerprint density at radius 1 is 0.872 bits per heavy atom. The van der Waals surface area contributed by atoms with Crippen LogP contribution < -0.4 is 10.6 Å². The maximum absolute atomic E-state index is 13.5. The first-order valence-corrected chi connectivity index (χ1v) is 16.2. The first-order chi connectivity index (χ1) is 22.9. The SMILES string of the molecule is COC(=O)NC(C(=O)N1CCCC1c1ncc(-c2ccc(-c3cnc4cc(-c5cnc(C6CCCN6)[nH]5)ccc4n3)cc2)[nH]1)C(C)C. The van der Waals surface area contributed by atoms with E-state index in [1.807, 2.05) is 61.3 Å². The number of hydrogen-bond donors (Lipinski definition) is 4. The van der Waals surface area contributed by atoms with Gasteiger partial charge >= 0.3 is 6.09 Å². The molecule has 3 unspecified atom stereocenters. The van der Waals surface area contributed by atoms with Crippen molar-refractivity contribution in [1.29, 1.82) is 0 Å². The molecule has 2 saturated heterocycles. The number of nitrogens with zero attached hydrogens (tertiary/aromatic N) is 5. The number of hydrogen-bond acceptors (Lipinski definition) is 8. The van der Waals surface area contributed by atoms with Crippen molar-refractivity contribution >= 4 is 23.0 Å². The second-order valence-electron chi connectivity index (χ2n) is 12.6. The van der Waals surface area contributed by atoms with Gasteiger partial charge in [-0.3, -0.25) is 9.78 Å². The molecule has 2 fully saturated rings. The van der Waals surface area contributed by atoms with E-state index in [4.69, 9.17) is 14.7 Å². The van der Waals surface area contributed by atoms with Crippen LogP contribution in [0, 0.1) is 5.92 Å². The number of rotatable bonds is 8. The Morgan fingerprint density at radius 3 is 2.34 bits per heavy atom. The number of fused-ring (bicyclic) bond motifs is 1. The van der Waals surface area contributed by atoms with Crippen LogP contribution in [-0.4, -0.2) is 73.0 Å². The van der Waals surface area contributed by atoms with E-state index in [9.17, 15) is 9.59 Å². The van der Waals surface area contributed by atoms with Crippen LogP contribution in [0.5, 0.6) is 0 Å². The van der Waals surface area contributed by atoms with Gasteiger partial charge in [0.2, 0.25) is 5.91 Å². The third kappa shape index (κ3) is 6.20. The molecule has 7 rings (SSSR count). The van der Waals surface area contributed by atoms with E-state index in [1.54, 1.807) is 12.4 Å². The van der Waals surface area contributed by atoms with Crippen LogP contribution in [0.25, 0.3) is 44.8 Å². The lowest BCUT2D eigenvalue weighted by atomic mass is 10.0. The Kier molecular flexibility index (Phi) is 8.42. The Labute approximate surface area is 272 Å². The van der Waals surface area contributed by atoms with Crippen molar-refractivity contribution in [1.82, 2.24) is 45.4 Å². The summed E-state index contributed by atoms with van der Waals surface area (Å²) in [6, 6.07) is 13.6. The summed E-state index contributed by atoms with van der Waals surface area (Å²) >= 11 is 0. The van der Waals surface area contributed by atoms with Gasteiger partial charge in [0.15, 0.2) is 0 Å². The van der Waals surface area contributed by atoms with E-state index in [1.165, 1.54) is 13.5 Å². The number of methoxy groups -OCH3 is 1. The van der Waals surface area contributed by atoms with Gasteiger partial charge in [-0.1, -0.05) is 44.2 Å². The number of carbonyl (C=O) groups is 2. The number of likely N-dealkylation sites (tertiary alicyclic amines) is 1. The maximum atomic E-state index is 13.5. The summed E-state index contributed by atoms with van der Waals surface area (Å²) in [7, 11) is 1.30. The third-order valence-electron chi connectivity index (χ3n) is 9.17. The maximum Gasteiger partial charge on any atom is 0.407 e. The molecule has 0 radical (unpaired) electrons. The molecule has 3 aromatic heterocycles. The van der Waals surface area contributed by atoms with Crippen LogP contribution >= 0.6 is 0 Å². The van der Waals surface area contributed by atoms with Crippen LogP contribution in [-0.2, 0) is 9.53 Å². The summed E-state index contributed by atoms with van der Waals surface area (Å²) in [6.07, 6.45) is 8.81. The Morgan fingerprint density at radius 2 is 1.60 bits per heavy atom. The van der Waals surface area contributed by atoms with Gasteiger partial charge in [0.05, 0.1) is 65.9 Å². The Bertz CT molecular complexity index is 1890. The second-order valence-corrected chi connectivity index (χ2v) is 12.6. The molecular weight excluding hydrogens is 594 g/mol. The summed E-state index contributed by atoms with van der Waals surface area (Å²) in [5, 5.41) is 6.18. The highest BCUT2D eigenvalue weighted by Crippen LogP contribution is 2.33. The lowest BCUT2D eigenvalue weighted by molar-refractivity contribution is -0.135. The van der Waals surface area contributed by atoms with Gasteiger partial charge in [0.25, 0.3) is 0 Å². The van der Waals surface area contributed by atoms with Crippen molar-refractivity contribution in [3.8, 4) is 33.8 Å². The fourth-order valence-corrected chi connectivity index (χ4v) is 6.56. The van der Waals surface area contributed by atoms with Gasteiger partial charge in [-0.25, -0.2) is 19.7 Å². The molecule has 12 nitrogen and oxygen atoms in total. The van der Waals surface area contributed by atoms with Crippen molar-refractivity contribution in [2.75, 3.05) is 20.2 Å². The van der Waals surface area contributed by atoms with E-state index in [-0.39, 0.29) is 17.9 Å². The van der Waals surface area contributed by atoms with Crippen molar-refractivity contribution < 1.29 is 14.3 Å². The molecule has 242 valence electrons. The average molecular weight is 634 g/mol. The summed E-state index contributed by atoms with van der Waals surface area (Å²) in [5.74, 6) is 1.49. The molecule has 4 N–H and O–H groups in total. The van der Waals surface area contributed by atoms with Crippen LogP contribution in [0.15, 0.2) is 61.1 Å². The van der Waals surface area contributed by atoms with E-state index < -0.39 is 12.1 Å². The zero-order chi connectivity index (χ0) is 32.5. The molecule has 2 amide bonds. The van der Waals surface area contributed by atoms with E-state index in [0.29, 0.717) is 12.6 Å². The minimum Gasteiger partial charge on any atom is -0.453 e. The number of benzene rings is 2. The molecular formula is C35H39N9O3. The van der Waals surface area contributed by atoms with Gasteiger partial charge in [0, 0.05) is 17.7 Å². The third-order valence-corrected chi connectivity index (χ3v) is 9.17. The van der Waals surface area contributed by atoms with E-state index >= 15 is 0 Å². The minimum atomic E-state index is -0.672. The molecule has 2 aromatic carbocycles. The highest BCUT2D eigenvalue weighted by molar-refractivity contribution is 5.86. The Balaban J connectivity index is 1.05. The first-order valence-electron chi connectivity index (χ1n) is 16.2. The fourth-order valence-electron chi connectivity index (χ4n) is 6.56. The monoisotopic (exact) mass is 633 g/mol. The number of aromatic nitrogens is 6. The zero-order valence-corrected chi connectivity index (χ0v) is 26.8. The standard InChI is InChI=1S/C35H39N9O3/c1-20(2)31(43-35(46)47-3)34(45)44-15-5-7-30(44)33-39-18-28(42-33)22-10-8-21(9-11-22)27-17-37-26-16-23(12-13-24(26)40-27)29-19-38-32(41-29)25-6-4-14-36-25/h8-13,16-20,25,30-31,36H,4-7,14-15H2,1-3H3,(H,38,41)(H,39,42)(H,43,46). The van der Waals surface area contributed by atoms with Gasteiger partial charge in [-0.2, -0.15) is 0 Å². The number of H-pyrrole nitrogens is 2. The number of ether oxygens (including phenoxy) is 1. The topological polar surface area (TPSA) is 154 Å². The largest absolute Gasteiger partial charge is 0.453 e. The Hall–Kier alpha value is -5.10. The van der Waals surface area contributed by atoms with E-state index in [2.05, 4.69) is 36.6 Å². The molecule has 5 heterocycles. The molecule has 47 heavy (non-hydrogen) atoms. The van der Waals surface area contributed by atoms with Crippen molar-refractivity contribution in [3.63, 3.8) is 0 Å². The number of amides is 2. The number of nitrogens with one attached hydrogen (secondary N) is 4. The second kappa shape index (κ2) is 13.0. The predicted molar refractivity (Wildman–Crippen MR) is 178 cm³/mol. The summed E-state index contributed by atoms with van der Waals surface area (Å²) < 4.78 is 4.75. The lowest BCUT2D eigenvalue weighted by Gasteiger charge is -2.30.